The van der Waals surface area contributed by atoms with Crippen LogP contribution in [0.25, 0.3) is 0 Å². The van der Waals surface area contributed by atoms with E-state index in [1.165, 1.54) is 17.8 Å². The minimum atomic E-state index is -0.859. The normalized spacial score (nSPS) is 16.0. The number of hydrogen-bond donors (Lipinski definition) is 1. The van der Waals surface area contributed by atoms with Gasteiger partial charge in [0.25, 0.3) is 0 Å². The minimum absolute atomic E-state index is 0.108. The van der Waals surface area contributed by atoms with Crippen molar-refractivity contribution in [3.05, 3.63) is 75.4 Å². The molecule has 35 heavy (non-hydrogen) atoms. The van der Waals surface area contributed by atoms with Crippen LogP contribution in [-0.4, -0.2) is 24.6 Å². The van der Waals surface area contributed by atoms with Crippen molar-refractivity contribution in [2.75, 3.05) is 11.7 Å². The number of carbonyl (C=O) groups is 2. The molecule has 2 heterocycles. The number of amides is 2. The predicted octanol–water partition coefficient (Wildman–Crippen LogP) is 5.90. The number of carbonyl (C=O) groups excluding carboxylic acids is 2. The summed E-state index contributed by atoms with van der Waals surface area (Å²) in [7, 11) is 0. The van der Waals surface area contributed by atoms with Gasteiger partial charge in [-0.1, -0.05) is 49.1 Å². The predicted molar refractivity (Wildman–Crippen MR) is 137 cm³/mol. The lowest BCUT2D eigenvalue weighted by Gasteiger charge is -2.33. The number of ether oxygens (including phenoxy) is 2. The summed E-state index contributed by atoms with van der Waals surface area (Å²) in [6, 6.07) is 15.6. The molecule has 1 aliphatic heterocycles. The summed E-state index contributed by atoms with van der Waals surface area (Å²) in [5, 5.41) is 5.74. The Morgan fingerprint density at radius 3 is 2.54 bits per heavy atom. The lowest BCUT2D eigenvalue weighted by molar-refractivity contribution is -0.127. The zero-order valence-corrected chi connectivity index (χ0v) is 20.8. The largest absolute Gasteiger partial charge is 0.454 e. The average Bonchev–Trinajstić information content (AvgIpc) is 3.55. The Labute approximate surface area is 213 Å². The maximum atomic E-state index is 13.9. The maximum Gasteiger partial charge on any atom is 0.248 e. The summed E-state index contributed by atoms with van der Waals surface area (Å²) in [5.74, 6) is 0.801. The van der Waals surface area contributed by atoms with Gasteiger partial charge < -0.3 is 14.8 Å². The Kier molecular flexibility index (Phi) is 7.25. The second kappa shape index (κ2) is 10.7. The molecule has 5 rings (SSSR count). The lowest BCUT2D eigenvalue weighted by Crippen LogP contribution is -2.47. The third-order valence-electron chi connectivity index (χ3n) is 6.45. The number of anilines is 1. The van der Waals surface area contributed by atoms with E-state index in [0.29, 0.717) is 27.8 Å². The Balaban J connectivity index is 1.55. The van der Waals surface area contributed by atoms with Gasteiger partial charge in [-0.25, -0.2) is 0 Å². The Bertz CT molecular complexity index is 1180. The molecule has 1 aliphatic carbocycles. The highest BCUT2D eigenvalue weighted by atomic mass is 35.5. The second-order valence-corrected chi connectivity index (χ2v) is 10.3. The van der Waals surface area contributed by atoms with Gasteiger partial charge >= 0.3 is 0 Å². The van der Waals surface area contributed by atoms with Crippen molar-refractivity contribution in [3.63, 3.8) is 0 Å². The standard InChI is InChI=1S/C27H27ClN2O4S/c28-19-10-8-18(9-11-19)26(27(32)29-20-5-2-1-3-6-20)30(25(31)16-22-7-4-14-35-22)21-12-13-23-24(15-21)34-17-33-23/h4,7-15,20,26H,1-3,5-6,16-17H2,(H,29,32). The lowest BCUT2D eigenvalue weighted by atomic mass is 9.94. The molecule has 1 unspecified atom stereocenters. The van der Waals surface area contributed by atoms with Gasteiger partial charge in [-0.05, 0) is 54.1 Å². The molecule has 1 saturated carbocycles. The van der Waals surface area contributed by atoms with Crippen LogP contribution in [0.3, 0.4) is 0 Å². The van der Waals surface area contributed by atoms with Gasteiger partial charge in [0.15, 0.2) is 11.5 Å². The molecule has 0 radical (unpaired) electrons. The van der Waals surface area contributed by atoms with Crippen molar-refractivity contribution in [1.82, 2.24) is 5.32 Å². The average molecular weight is 511 g/mol. The first-order chi connectivity index (χ1) is 17.1. The number of halogens is 1. The van der Waals surface area contributed by atoms with Gasteiger partial charge in [-0.15, -0.1) is 11.3 Å². The molecular weight excluding hydrogens is 484 g/mol. The molecule has 1 aromatic heterocycles. The van der Waals surface area contributed by atoms with Crippen LogP contribution < -0.4 is 19.7 Å². The van der Waals surface area contributed by atoms with Gasteiger partial charge in [-0.3, -0.25) is 14.5 Å². The summed E-state index contributed by atoms with van der Waals surface area (Å²) in [5.41, 5.74) is 1.27. The van der Waals surface area contributed by atoms with Crippen LogP contribution in [-0.2, 0) is 16.0 Å². The van der Waals surface area contributed by atoms with E-state index in [-0.39, 0.29) is 31.1 Å². The van der Waals surface area contributed by atoms with Crippen molar-refractivity contribution in [3.8, 4) is 11.5 Å². The van der Waals surface area contributed by atoms with Gasteiger partial charge in [0.05, 0.1) is 6.42 Å². The molecule has 1 fully saturated rings. The van der Waals surface area contributed by atoms with Crippen molar-refractivity contribution >= 4 is 40.4 Å². The molecule has 1 N–H and O–H groups in total. The summed E-state index contributed by atoms with van der Waals surface area (Å²) >= 11 is 7.68. The van der Waals surface area contributed by atoms with E-state index in [2.05, 4.69) is 5.32 Å². The minimum Gasteiger partial charge on any atom is -0.454 e. The van der Waals surface area contributed by atoms with Crippen LogP contribution in [0.1, 0.15) is 48.6 Å². The van der Waals surface area contributed by atoms with Crippen molar-refractivity contribution in [1.29, 1.82) is 0 Å². The molecule has 6 nitrogen and oxygen atoms in total. The quantitative estimate of drug-likeness (QED) is 0.430. The fourth-order valence-corrected chi connectivity index (χ4v) is 5.53. The highest BCUT2D eigenvalue weighted by Crippen LogP contribution is 2.39. The zero-order valence-electron chi connectivity index (χ0n) is 19.2. The zero-order chi connectivity index (χ0) is 24.2. The van der Waals surface area contributed by atoms with Gasteiger partial charge in [0, 0.05) is 27.7 Å². The van der Waals surface area contributed by atoms with Gasteiger partial charge in [0.2, 0.25) is 18.6 Å². The van der Waals surface area contributed by atoms with E-state index in [4.69, 9.17) is 21.1 Å². The van der Waals surface area contributed by atoms with E-state index >= 15 is 0 Å². The van der Waals surface area contributed by atoms with Crippen LogP contribution in [0, 0.1) is 0 Å². The van der Waals surface area contributed by atoms with E-state index in [0.717, 1.165) is 30.6 Å². The molecule has 2 aromatic carbocycles. The molecule has 0 spiro atoms. The maximum absolute atomic E-state index is 13.9. The summed E-state index contributed by atoms with van der Waals surface area (Å²) in [6.45, 7) is 0.130. The highest BCUT2D eigenvalue weighted by molar-refractivity contribution is 7.10. The smallest absolute Gasteiger partial charge is 0.248 e. The van der Waals surface area contributed by atoms with Gasteiger partial charge in [-0.2, -0.15) is 0 Å². The molecule has 2 aliphatic rings. The van der Waals surface area contributed by atoms with E-state index in [9.17, 15) is 9.59 Å². The first-order valence-electron chi connectivity index (χ1n) is 11.9. The first kappa shape index (κ1) is 23.7. The molecule has 182 valence electrons. The molecule has 1 atom stereocenters. The van der Waals surface area contributed by atoms with E-state index < -0.39 is 6.04 Å². The molecule has 0 bridgehead atoms. The fourth-order valence-electron chi connectivity index (χ4n) is 4.71. The summed E-state index contributed by atoms with van der Waals surface area (Å²) in [6.07, 6.45) is 5.47. The van der Waals surface area contributed by atoms with Crippen LogP contribution in [0.2, 0.25) is 5.02 Å². The van der Waals surface area contributed by atoms with Crippen LogP contribution in [0.15, 0.2) is 60.0 Å². The second-order valence-electron chi connectivity index (χ2n) is 8.86. The molecule has 8 heteroatoms. The van der Waals surface area contributed by atoms with E-state index in [1.54, 1.807) is 35.2 Å². The topological polar surface area (TPSA) is 67.9 Å². The number of fused-ring (bicyclic) bond motifs is 1. The number of thiophene rings is 1. The Morgan fingerprint density at radius 2 is 1.80 bits per heavy atom. The number of rotatable bonds is 7. The third kappa shape index (κ3) is 5.46. The van der Waals surface area contributed by atoms with Crippen LogP contribution in [0.5, 0.6) is 11.5 Å². The van der Waals surface area contributed by atoms with E-state index in [1.807, 2.05) is 29.6 Å². The number of hydrogen-bond acceptors (Lipinski definition) is 5. The monoisotopic (exact) mass is 510 g/mol. The molecule has 3 aromatic rings. The molecule has 2 amide bonds. The third-order valence-corrected chi connectivity index (χ3v) is 7.58. The number of benzene rings is 2. The van der Waals surface area contributed by atoms with Crippen molar-refractivity contribution in [2.24, 2.45) is 0 Å². The summed E-state index contributed by atoms with van der Waals surface area (Å²) < 4.78 is 11.0. The SMILES string of the molecule is O=C(NC1CCCCC1)C(c1ccc(Cl)cc1)N(C(=O)Cc1cccs1)c1ccc2c(c1)OCO2. The molecule has 0 saturated heterocycles. The Morgan fingerprint density at radius 1 is 1.03 bits per heavy atom. The highest BCUT2D eigenvalue weighted by Gasteiger charge is 2.35. The van der Waals surface area contributed by atoms with Gasteiger partial charge in [0.1, 0.15) is 6.04 Å². The number of nitrogens with zero attached hydrogens (tertiary/aromatic N) is 1. The van der Waals surface area contributed by atoms with Crippen molar-refractivity contribution < 1.29 is 19.1 Å². The summed E-state index contributed by atoms with van der Waals surface area (Å²) in [4.78, 5) is 30.2. The first-order valence-corrected chi connectivity index (χ1v) is 13.1. The van der Waals surface area contributed by atoms with Crippen LogP contribution in [0.4, 0.5) is 5.69 Å². The number of nitrogens with one attached hydrogen (secondary N) is 1. The molecular formula is C27H27ClN2O4S. The van der Waals surface area contributed by atoms with Crippen LogP contribution >= 0.6 is 22.9 Å². The van der Waals surface area contributed by atoms with Crippen molar-refractivity contribution in [2.45, 2.75) is 50.6 Å². The fraction of sp³-hybridized carbons (Fsp3) is 0.333. The Hall–Kier alpha value is -3.03.